The minimum Gasteiger partial charge on any atom is -0.444 e. The summed E-state index contributed by atoms with van der Waals surface area (Å²) in [5.74, 6) is 0. The van der Waals surface area contributed by atoms with Gasteiger partial charge in [0.2, 0.25) is 0 Å². The Morgan fingerprint density at radius 2 is 2.00 bits per heavy atom. The molecule has 0 aliphatic rings. The van der Waals surface area contributed by atoms with E-state index in [0.717, 1.165) is 5.56 Å². The highest BCUT2D eigenvalue weighted by Crippen LogP contribution is 2.11. The first-order valence-corrected chi connectivity index (χ1v) is 7.56. The van der Waals surface area contributed by atoms with Crippen molar-refractivity contribution in [1.82, 2.24) is 9.78 Å². The van der Waals surface area contributed by atoms with Gasteiger partial charge in [0.15, 0.2) is 0 Å². The molecule has 6 nitrogen and oxygen atoms in total. The van der Waals surface area contributed by atoms with Gasteiger partial charge in [0.1, 0.15) is 5.60 Å². The van der Waals surface area contributed by atoms with Crippen molar-refractivity contribution in [3.05, 3.63) is 48.3 Å². The smallest absolute Gasteiger partial charge is 0.412 e. The molecular weight excluding hydrogens is 294 g/mol. The van der Waals surface area contributed by atoms with Crippen molar-refractivity contribution >= 4 is 11.8 Å². The molecule has 1 amide bonds. The zero-order valence-electron chi connectivity index (χ0n) is 13.8. The van der Waals surface area contributed by atoms with E-state index in [9.17, 15) is 4.79 Å². The number of amides is 1. The van der Waals surface area contributed by atoms with Crippen LogP contribution in [0.15, 0.2) is 42.7 Å². The average molecular weight is 317 g/mol. The van der Waals surface area contributed by atoms with Crippen molar-refractivity contribution in [1.29, 1.82) is 0 Å². The number of carbonyl (C=O) groups is 1. The molecule has 1 aromatic heterocycles. The van der Waals surface area contributed by atoms with Crippen LogP contribution in [0, 0.1) is 0 Å². The van der Waals surface area contributed by atoms with E-state index in [4.69, 9.17) is 9.47 Å². The molecule has 0 radical (unpaired) electrons. The maximum atomic E-state index is 11.7. The largest absolute Gasteiger partial charge is 0.444 e. The number of hydrogen-bond acceptors (Lipinski definition) is 4. The van der Waals surface area contributed by atoms with Gasteiger partial charge in [-0.3, -0.25) is 10.00 Å². The topological polar surface area (TPSA) is 65.4 Å². The van der Waals surface area contributed by atoms with E-state index in [-0.39, 0.29) is 0 Å². The zero-order valence-corrected chi connectivity index (χ0v) is 13.8. The molecule has 0 saturated carbocycles. The van der Waals surface area contributed by atoms with Crippen LogP contribution in [-0.4, -0.2) is 28.1 Å². The normalized spacial score (nSPS) is 11.3. The summed E-state index contributed by atoms with van der Waals surface area (Å²) in [6, 6.07) is 10.0. The molecule has 1 aromatic carbocycles. The third-order valence-corrected chi connectivity index (χ3v) is 2.85. The van der Waals surface area contributed by atoms with Gasteiger partial charge in [-0.1, -0.05) is 30.3 Å². The lowest BCUT2D eigenvalue weighted by Gasteiger charge is -2.19. The number of aromatic nitrogens is 2. The Morgan fingerprint density at radius 1 is 1.26 bits per heavy atom. The lowest BCUT2D eigenvalue weighted by Crippen LogP contribution is -2.27. The summed E-state index contributed by atoms with van der Waals surface area (Å²) in [6.07, 6.45) is 2.84. The second-order valence-corrected chi connectivity index (χ2v) is 6.16. The van der Waals surface area contributed by atoms with Gasteiger partial charge in [0, 0.05) is 6.20 Å². The number of carbonyl (C=O) groups excluding carboxylic acids is 1. The molecule has 0 spiro atoms. The number of benzene rings is 1. The van der Waals surface area contributed by atoms with Gasteiger partial charge in [-0.2, -0.15) is 5.10 Å². The van der Waals surface area contributed by atoms with Crippen molar-refractivity contribution in [2.45, 2.75) is 39.5 Å². The lowest BCUT2D eigenvalue weighted by molar-refractivity contribution is 0.0636. The third kappa shape index (κ3) is 6.52. The van der Waals surface area contributed by atoms with Crippen LogP contribution in [0.5, 0.6) is 0 Å². The predicted molar refractivity (Wildman–Crippen MR) is 88.2 cm³/mol. The fourth-order valence-electron chi connectivity index (χ4n) is 1.89. The van der Waals surface area contributed by atoms with Gasteiger partial charge >= 0.3 is 6.09 Å². The zero-order chi connectivity index (χ0) is 16.7. The van der Waals surface area contributed by atoms with Crippen molar-refractivity contribution in [2.75, 3.05) is 11.9 Å². The van der Waals surface area contributed by atoms with Crippen LogP contribution in [0.3, 0.4) is 0 Å². The molecule has 23 heavy (non-hydrogen) atoms. The monoisotopic (exact) mass is 317 g/mol. The Bertz CT molecular complexity index is 618. The second kappa shape index (κ2) is 7.78. The van der Waals surface area contributed by atoms with E-state index >= 15 is 0 Å². The van der Waals surface area contributed by atoms with Gasteiger partial charge in [-0.15, -0.1) is 0 Å². The number of hydrogen-bond donors (Lipinski definition) is 1. The van der Waals surface area contributed by atoms with E-state index < -0.39 is 11.7 Å². The number of rotatable bonds is 6. The fourth-order valence-corrected chi connectivity index (χ4v) is 1.89. The number of ether oxygens (including phenoxy) is 2. The van der Waals surface area contributed by atoms with Crippen LogP contribution >= 0.6 is 0 Å². The highest BCUT2D eigenvalue weighted by atomic mass is 16.6. The van der Waals surface area contributed by atoms with Gasteiger partial charge in [0.25, 0.3) is 0 Å². The van der Waals surface area contributed by atoms with E-state index in [1.165, 1.54) is 0 Å². The standard InChI is InChI=1S/C17H23N3O3/c1-17(2,3)23-16(21)19-15-11-18-20(12-15)9-10-22-13-14-7-5-4-6-8-14/h4-8,11-12H,9-10,13H2,1-3H3,(H,19,21). The molecule has 6 heteroatoms. The van der Waals surface area contributed by atoms with Gasteiger partial charge in [-0.25, -0.2) is 4.79 Å². The SMILES string of the molecule is CC(C)(C)OC(=O)Nc1cnn(CCOCc2ccccc2)c1. The summed E-state index contributed by atoms with van der Waals surface area (Å²) in [7, 11) is 0. The third-order valence-electron chi connectivity index (χ3n) is 2.85. The highest BCUT2D eigenvalue weighted by Gasteiger charge is 2.16. The molecular formula is C17H23N3O3. The molecule has 1 heterocycles. The molecule has 124 valence electrons. The van der Waals surface area contributed by atoms with Crippen molar-refractivity contribution in [3.8, 4) is 0 Å². The molecule has 0 aliphatic carbocycles. The summed E-state index contributed by atoms with van der Waals surface area (Å²) in [5, 5.41) is 6.83. The lowest BCUT2D eigenvalue weighted by atomic mass is 10.2. The maximum absolute atomic E-state index is 11.7. The number of anilines is 1. The first-order chi connectivity index (χ1) is 10.9. The summed E-state index contributed by atoms with van der Waals surface area (Å²) in [5.41, 5.74) is 1.22. The number of nitrogens with one attached hydrogen (secondary N) is 1. The van der Waals surface area contributed by atoms with Crippen LogP contribution in [0.2, 0.25) is 0 Å². The molecule has 2 aromatic rings. The predicted octanol–water partition coefficient (Wildman–Crippen LogP) is 3.45. The summed E-state index contributed by atoms with van der Waals surface area (Å²) in [6.45, 7) is 7.19. The van der Waals surface area contributed by atoms with E-state index in [0.29, 0.717) is 25.4 Å². The Morgan fingerprint density at radius 3 is 2.70 bits per heavy atom. The Kier molecular flexibility index (Phi) is 5.76. The fraction of sp³-hybridized carbons (Fsp3) is 0.412. The molecule has 0 aliphatic heterocycles. The molecule has 0 saturated heterocycles. The van der Waals surface area contributed by atoms with Crippen molar-refractivity contribution in [3.63, 3.8) is 0 Å². The quantitative estimate of drug-likeness (QED) is 0.829. The van der Waals surface area contributed by atoms with Gasteiger partial charge < -0.3 is 9.47 Å². The Hall–Kier alpha value is -2.34. The van der Waals surface area contributed by atoms with Gasteiger partial charge in [0.05, 0.1) is 31.6 Å². The van der Waals surface area contributed by atoms with Crippen LogP contribution in [0.1, 0.15) is 26.3 Å². The van der Waals surface area contributed by atoms with E-state index in [2.05, 4.69) is 10.4 Å². The summed E-state index contributed by atoms with van der Waals surface area (Å²) < 4.78 is 12.5. The van der Waals surface area contributed by atoms with Gasteiger partial charge in [-0.05, 0) is 26.3 Å². The second-order valence-electron chi connectivity index (χ2n) is 6.16. The Balaban J connectivity index is 1.71. The minimum absolute atomic E-state index is 0.489. The van der Waals surface area contributed by atoms with Crippen LogP contribution in [-0.2, 0) is 22.6 Å². The first-order valence-electron chi connectivity index (χ1n) is 7.56. The number of nitrogens with zero attached hydrogens (tertiary/aromatic N) is 2. The van der Waals surface area contributed by atoms with Crippen LogP contribution < -0.4 is 5.32 Å². The molecule has 2 rings (SSSR count). The van der Waals surface area contributed by atoms with E-state index in [1.54, 1.807) is 17.1 Å². The van der Waals surface area contributed by atoms with Crippen LogP contribution in [0.4, 0.5) is 10.5 Å². The molecule has 0 atom stereocenters. The van der Waals surface area contributed by atoms with Crippen LogP contribution in [0.25, 0.3) is 0 Å². The summed E-state index contributed by atoms with van der Waals surface area (Å²) in [4.78, 5) is 11.7. The van der Waals surface area contributed by atoms with E-state index in [1.807, 2.05) is 51.1 Å². The molecule has 1 N–H and O–H groups in total. The molecule has 0 bridgehead atoms. The molecule has 0 fully saturated rings. The minimum atomic E-state index is -0.522. The average Bonchev–Trinajstić information content (AvgIpc) is 2.90. The highest BCUT2D eigenvalue weighted by molar-refractivity contribution is 5.84. The molecule has 0 unspecified atom stereocenters. The van der Waals surface area contributed by atoms with Crippen molar-refractivity contribution < 1.29 is 14.3 Å². The summed E-state index contributed by atoms with van der Waals surface area (Å²) >= 11 is 0. The maximum Gasteiger partial charge on any atom is 0.412 e. The Labute approximate surface area is 136 Å². The first kappa shape index (κ1) is 17.0. The van der Waals surface area contributed by atoms with Crippen molar-refractivity contribution in [2.24, 2.45) is 0 Å².